The lowest BCUT2D eigenvalue weighted by Crippen LogP contribution is -2.66. The Morgan fingerprint density at radius 2 is 1.44 bits per heavy atom. The van der Waals surface area contributed by atoms with Crippen LogP contribution in [0.3, 0.4) is 0 Å². The zero-order valence-corrected chi connectivity index (χ0v) is 25.7. The van der Waals surface area contributed by atoms with E-state index in [2.05, 4.69) is 102 Å². The van der Waals surface area contributed by atoms with Gasteiger partial charge in [-0.2, -0.15) is 0 Å². The minimum atomic E-state index is -2.54. The van der Waals surface area contributed by atoms with Crippen molar-refractivity contribution in [2.45, 2.75) is 65.4 Å². The van der Waals surface area contributed by atoms with Gasteiger partial charge in [-0.1, -0.05) is 114 Å². The molecule has 0 spiro atoms. The molecule has 3 aromatic rings. The lowest BCUT2D eigenvalue weighted by Gasteiger charge is -2.44. The fourth-order valence-corrected chi connectivity index (χ4v) is 10.8. The Morgan fingerprint density at radius 3 is 1.95 bits per heavy atom. The molecule has 0 N–H and O–H groups in total. The molecule has 210 valence electrons. The summed E-state index contributed by atoms with van der Waals surface area (Å²) in [5, 5.41) is 2.63. The maximum Gasteiger partial charge on any atom is 0.261 e. The third kappa shape index (κ3) is 6.66. The Morgan fingerprint density at radius 1 is 0.872 bits per heavy atom. The topological polar surface area (TPSA) is 36.9 Å². The Balaban J connectivity index is 1.48. The lowest BCUT2D eigenvalue weighted by molar-refractivity contribution is -0.250. The van der Waals surface area contributed by atoms with Crippen LogP contribution >= 0.6 is 0 Å². The van der Waals surface area contributed by atoms with Gasteiger partial charge < -0.3 is 18.6 Å². The van der Waals surface area contributed by atoms with Crippen LogP contribution in [-0.2, 0) is 13.9 Å². The van der Waals surface area contributed by atoms with Crippen molar-refractivity contribution in [3.63, 3.8) is 0 Å². The molecule has 1 fully saturated rings. The van der Waals surface area contributed by atoms with Gasteiger partial charge in [-0.25, -0.2) is 0 Å². The molecule has 3 aromatic carbocycles. The smallest absolute Gasteiger partial charge is 0.261 e. The van der Waals surface area contributed by atoms with Gasteiger partial charge in [-0.05, 0) is 45.8 Å². The fourth-order valence-electron chi connectivity index (χ4n) is 6.15. The van der Waals surface area contributed by atoms with E-state index < -0.39 is 8.32 Å². The summed E-state index contributed by atoms with van der Waals surface area (Å²) in [5.74, 6) is 1.93. The summed E-state index contributed by atoms with van der Waals surface area (Å²) in [6, 6.07) is 29.8. The van der Waals surface area contributed by atoms with Crippen molar-refractivity contribution in [3.05, 3.63) is 90.5 Å². The molecule has 39 heavy (non-hydrogen) atoms. The second-order valence-electron chi connectivity index (χ2n) is 12.3. The van der Waals surface area contributed by atoms with Crippen LogP contribution in [0, 0.1) is 17.8 Å². The summed E-state index contributed by atoms with van der Waals surface area (Å²) in [6.45, 7) is 15.3. The summed E-state index contributed by atoms with van der Waals surface area (Å²) in [4.78, 5) is 0. The predicted molar refractivity (Wildman–Crippen MR) is 162 cm³/mol. The van der Waals surface area contributed by atoms with Crippen LogP contribution in [0.5, 0.6) is 5.75 Å². The Kier molecular flexibility index (Phi) is 9.71. The summed E-state index contributed by atoms with van der Waals surface area (Å²) >= 11 is 0. The molecular formula is C34H46O4Si. The van der Waals surface area contributed by atoms with E-state index in [4.69, 9.17) is 18.6 Å². The number of ether oxygens (including phenoxy) is 3. The van der Waals surface area contributed by atoms with Crippen LogP contribution in [0.2, 0.25) is 5.04 Å². The minimum Gasteiger partial charge on any atom is -0.497 e. The molecular weight excluding hydrogens is 500 g/mol. The van der Waals surface area contributed by atoms with Crippen LogP contribution in [0.25, 0.3) is 0 Å². The number of hydrogen-bond acceptors (Lipinski definition) is 4. The van der Waals surface area contributed by atoms with E-state index in [9.17, 15) is 0 Å². The second kappa shape index (κ2) is 12.8. The quantitative estimate of drug-likeness (QED) is 0.257. The lowest BCUT2D eigenvalue weighted by atomic mass is 9.86. The molecule has 0 saturated carbocycles. The van der Waals surface area contributed by atoms with Gasteiger partial charge in [0.1, 0.15) is 5.75 Å². The van der Waals surface area contributed by atoms with Gasteiger partial charge in [0.05, 0.1) is 19.8 Å². The molecule has 5 heteroatoms. The summed E-state index contributed by atoms with van der Waals surface area (Å²) in [6.07, 6.45) is 0.812. The van der Waals surface area contributed by atoms with Gasteiger partial charge in [-0.15, -0.1) is 0 Å². The van der Waals surface area contributed by atoms with E-state index in [1.54, 1.807) is 7.11 Å². The van der Waals surface area contributed by atoms with E-state index in [0.717, 1.165) is 24.3 Å². The van der Waals surface area contributed by atoms with Gasteiger partial charge in [0.15, 0.2) is 6.29 Å². The molecule has 0 radical (unpaired) electrons. The predicted octanol–water partition coefficient (Wildman–Crippen LogP) is 6.98. The van der Waals surface area contributed by atoms with Crippen molar-refractivity contribution in [3.8, 4) is 5.75 Å². The van der Waals surface area contributed by atoms with E-state index in [0.29, 0.717) is 24.4 Å². The van der Waals surface area contributed by atoms with E-state index in [1.807, 2.05) is 24.3 Å². The van der Waals surface area contributed by atoms with Crippen molar-refractivity contribution in [1.82, 2.24) is 0 Å². The van der Waals surface area contributed by atoms with Crippen LogP contribution in [0.15, 0.2) is 84.9 Å². The maximum absolute atomic E-state index is 7.22. The first kappa shape index (κ1) is 29.5. The molecule has 1 heterocycles. The Bertz CT molecular complexity index is 1100. The molecule has 0 amide bonds. The highest BCUT2D eigenvalue weighted by Crippen LogP contribution is 2.38. The Hall–Kier alpha value is -2.44. The van der Waals surface area contributed by atoms with Crippen LogP contribution < -0.4 is 15.1 Å². The third-order valence-corrected chi connectivity index (χ3v) is 13.1. The van der Waals surface area contributed by atoms with Crippen LogP contribution in [0.1, 0.15) is 59.8 Å². The van der Waals surface area contributed by atoms with Gasteiger partial charge >= 0.3 is 0 Å². The Labute approximate surface area is 236 Å². The van der Waals surface area contributed by atoms with Gasteiger partial charge in [0.2, 0.25) is 0 Å². The average Bonchev–Trinajstić information content (AvgIpc) is 2.94. The molecule has 1 unspecified atom stereocenters. The van der Waals surface area contributed by atoms with Crippen LogP contribution in [0.4, 0.5) is 0 Å². The fraction of sp³-hybridized carbons (Fsp3) is 0.471. The average molecular weight is 547 g/mol. The van der Waals surface area contributed by atoms with Crippen molar-refractivity contribution in [1.29, 1.82) is 0 Å². The zero-order valence-electron chi connectivity index (χ0n) is 24.7. The first-order valence-corrected chi connectivity index (χ1v) is 16.2. The molecule has 4 nitrogen and oxygen atoms in total. The van der Waals surface area contributed by atoms with Crippen molar-refractivity contribution in [2.24, 2.45) is 17.8 Å². The van der Waals surface area contributed by atoms with E-state index >= 15 is 0 Å². The second-order valence-corrected chi connectivity index (χ2v) is 16.6. The van der Waals surface area contributed by atoms with E-state index in [-0.39, 0.29) is 17.4 Å². The standard InChI is InChI=1S/C34H46O4Si/c1-25(22-26(2)32-27(3)24-36-33(38-32)28-18-20-29(35-7)21-19-28)23-37-39(34(4,5)6,30-14-10-8-11-15-30)31-16-12-9-13-17-31/h8-21,25-27,32-33H,22-24H2,1-7H3/t25-,26+,27+,32-,33?/m1/s1. The first-order chi connectivity index (χ1) is 18.7. The number of rotatable bonds is 10. The summed E-state index contributed by atoms with van der Waals surface area (Å²) in [7, 11) is -0.859. The number of hydrogen-bond donors (Lipinski definition) is 0. The molecule has 4 rings (SSSR count). The van der Waals surface area contributed by atoms with Gasteiger partial charge in [0, 0.05) is 18.1 Å². The minimum absolute atomic E-state index is 0.0229. The van der Waals surface area contributed by atoms with E-state index in [1.165, 1.54) is 10.4 Å². The largest absolute Gasteiger partial charge is 0.497 e. The number of methoxy groups -OCH3 is 1. The molecule has 1 aliphatic heterocycles. The van der Waals surface area contributed by atoms with Gasteiger partial charge in [-0.3, -0.25) is 0 Å². The molecule has 0 bridgehead atoms. The van der Waals surface area contributed by atoms with Gasteiger partial charge in [0.25, 0.3) is 8.32 Å². The third-order valence-electron chi connectivity index (χ3n) is 8.08. The molecule has 1 aliphatic rings. The number of benzene rings is 3. The highest BCUT2D eigenvalue weighted by Gasteiger charge is 2.50. The summed E-state index contributed by atoms with van der Waals surface area (Å²) < 4.78 is 25.2. The monoisotopic (exact) mass is 546 g/mol. The molecule has 1 saturated heterocycles. The van der Waals surface area contributed by atoms with Crippen molar-refractivity contribution < 1.29 is 18.6 Å². The SMILES string of the molecule is COc1ccc(C2OC[C@H](C)[C@@H]([C@@H](C)C[C@@H](C)CO[Si](c3ccccc3)(c3ccccc3)C(C)(C)C)O2)cc1. The highest BCUT2D eigenvalue weighted by atomic mass is 28.4. The highest BCUT2D eigenvalue weighted by molar-refractivity contribution is 6.99. The first-order valence-electron chi connectivity index (χ1n) is 14.3. The molecule has 5 atom stereocenters. The normalized spacial score (nSPS) is 21.8. The van der Waals surface area contributed by atoms with Crippen LogP contribution in [-0.4, -0.2) is 34.7 Å². The maximum atomic E-state index is 7.22. The molecule has 0 aliphatic carbocycles. The van der Waals surface area contributed by atoms with Crippen molar-refractivity contribution >= 4 is 18.7 Å². The van der Waals surface area contributed by atoms with Crippen molar-refractivity contribution in [2.75, 3.05) is 20.3 Å². The molecule has 0 aromatic heterocycles. The zero-order chi connectivity index (χ0) is 28.0. The summed E-state index contributed by atoms with van der Waals surface area (Å²) in [5.41, 5.74) is 1.03.